The van der Waals surface area contributed by atoms with Crippen molar-refractivity contribution in [3.05, 3.63) is 47.1 Å². The molecule has 1 saturated heterocycles. The lowest BCUT2D eigenvalue weighted by atomic mass is 10.2. The number of nitrogens with zero attached hydrogens (tertiary/aromatic N) is 6. The average molecular weight is 580 g/mol. The van der Waals surface area contributed by atoms with Crippen LogP contribution >= 0.6 is 23.4 Å². The molecule has 0 aliphatic carbocycles. The van der Waals surface area contributed by atoms with Crippen molar-refractivity contribution in [3.63, 3.8) is 0 Å². The van der Waals surface area contributed by atoms with Crippen LogP contribution in [0.2, 0.25) is 5.02 Å². The van der Waals surface area contributed by atoms with Crippen LogP contribution in [0.3, 0.4) is 0 Å². The number of ether oxygens (including phenoxy) is 1. The third kappa shape index (κ3) is 8.00. The second kappa shape index (κ2) is 14.1. The number of likely N-dealkylation sites (N-methyl/N-ethyl adjacent to an activating group) is 1. The monoisotopic (exact) mass is 579 g/mol. The second-order valence-electron chi connectivity index (χ2n) is 8.70. The number of thioether (sulfide) groups is 1. The predicted octanol–water partition coefficient (Wildman–Crippen LogP) is 1.90. The summed E-state index contributed by atoms with van der Waals surface area (Å²) in [6.07, 6.45) is 5.15. The topological polar surface area (TPSA) is 158 Å². The summed E-state index contributed by atoms with van der Waals surface area (Å²) in [6, 6.07) is 2.46. The van der Waals surface area contributed by atoms with E-state index in [9.17, 15) is 19.2 Å². The number of amides is 3. The number of carbonyl (C=O) groups is 4. The molecule has 2 aliphatic rings. The Balaban J connectivity index is 0.000000298. The molecule has 2 atom stereocenters. The lowest BCUT2D eigenvalue weighted by Crippen LogP contribution is -2.48. The Labute approximate surface area is 234 Å². The summed E-state index contributed by atoms with van der Waals surface area (Å²) < 4.78 is 5.68. The number of carboxylic acid groups (broad SMARTS) is 1. The number of anilines is 1. The molecule has 4 heterocycles. The van der Waals surface area contributed by atoms with E-state index in [0.29, 0.717) is 36.0 Å². The van der Waals surface area contributed by atoms with Gasteiger partial charge in [0.1, 0.15) is 17.6 Å². The molecule has 4 rings (SSSR count). The van der Waals surface area contributed by atoms with Gasteiger partial charge in [0.2, 0.25) is 12.1 Å². The molecule has 15 heteroatoms. The number of hydrogen-bond acceptors (Lipinski definition) is 10. The highest BCUT2D eigenvalue weighted by Crippen LogP contribution is 2.35. The molecule has 0 saturated carbocycles. The molecule has 13 nitrogen and oxygen atoms in total. The van der Waals surface area contributed by atoms with Gasteiger partial charge in [-0.25, -0.2) is 24.5 Å². The number of aromatic nitrogens is 3. The van der Waals surface area contributed by atoms with Crippen LogP contribution in [0.5, 0.6) is 0 Å². The fourth-order valence-corrected chi connectivity index (χ4v) is 4.36. The minimum Gasteiger partial charge on any atom is -0.480 e. The van der Waals surface area contributed by atoms with Crippen LogP contribution in [0.4, 0.5) is 10.6 Å². The van der Waals surface area contributed by atoms with Crippen molar-refractivity contribution in [3.8, 4) is 0 Å². The average Bonchev–Trinajstić information content (AvgIpc) is 3.18. The van der Waals surface area contributed by atoms with Gasteiger partial charge < -0.3 is 25.0 Å². The predicted molar refractivity (Wildman–Crippen MR) is 145 cm³/mol. The summed E-state index contributed by atoms with van der Waals surface area (Å²) in [5.41, 5.74) is 0.437. The molecule has 0 aromatic carbocycles. The first-order valence-electron chi connectivity index (χ1n) is 12.0. The summed E-state index contributed by atoms with van der Waals surface area (Å²) in [4.78, 5) is 64.1. The lowest BCUT2D eigenvalue weighted by molar-refractivity contribution is -0.141. The SMILES string of the molecule is CN1CCN(C(=O)O[C@@H]2c3nccnc3C(=O)N2c2ccc(Cl)cn2)CC1.CSCC[C@@H](NC(C)=O)C(=O)O. The number of carboxylic acids is 1. The summed E-state index contributed by atoms with van der Waals surface area (Å²) in [7, 11) is 2.00. The van der Waals surface area contributed by atoms with Crippen LogP contribution < -0.4 is 10.2 Å². The van der Waals surface area contributed by atoms with Gasteiger partial charge in [-0.3, -0.25) is 14.6 Å². The van der Waals surface area contributed by atoms with E-state index in [0.717, 1.165) is 18.8 Å². The Morgan fingerprint density at radius 1 is 1.18 bits per heavy atom. The molecule has 0 radical (unpaired) electrons. The van der Waals surface area contributed by atoms with E-state index in [-0.39, 0.29) is 11.6 Å². The van der Waals surface area contributed by atoms with Gasteiger partial charge in [-0.1, -0.05) is 11.6 Å². The first kappa shape index (κ1) is 30.1. The van der Waals surface area contributed by atoms with Gasteiger partial charge in [-0.15, -0.1) is 0 Å². The third-order valence-corrected chi connectivity index (χ3v) is 6.70. The van der Waals surface area contributed by atoms with Crippen molar-refractivity contribution in [1.82, 2.24) is 30.1 Å². The van der Waals surface area contributed by atoms with Crippen molar-refractivity contribution in [2.45, 2.75) is 25.6 Å². The Hall–Kier alpha value is -3.49. The van der Waals surface area contributed by atoms with Crippen LogP contribution in [0.25, 0.3) is 0 Å². The molecule has 2 aromatic heterocycles. The van der Waals surface area contributed by atoms with Crippen LogP contribution in [-0.4, -0.2) is 105 Å². The molecule has 0 spiro atoms. The highest BCUT2D eigenvalue weighted by atomic mass is 35.5. The zero-order valence-electron chi connectivity index (χ0n) is 21.7. The van der Waals surface area contributed by atoms with E-state index in [4.69, 9.17) is 21.4 Å². The summed E-state index contributed by atoms with van der Waals surface area (Å²) in [6.45, 7) is 3.95. The van der Waals surface area contributed by atoms with Crippen LogP contribution in [0, 0.1) is 0 Å². The molecule has 3 amide bonds. The van der Waals surface area contributed by atoms with E-state index in [1.165, 1.54) is 30.4 Å². The van der Waals surface area contributed by atoms with Gasteiger partial charge in [0.25, 0.3) is 5.91 Å². The van der Waals surface area contributed by atoms with Crippen molar-refractivity contribution >= 4 is 53.1 Å². The Kier molecular flexibility index (Phi) is 10.8. The maximum Gasteiger partial charge on any atom is 0.412 e. The van der Waals surface area contributed by atoms with Crippen LogP contribution in [-0.2, 0) is 14.3 Å². The highest BCUT2D eigenvalue weighted by Gasteiger charge is 2.44. The number of halogens is 1. The zero-order valence-corrected chi connectivity index (χ0v) is 23.3. The number of pyridine rings is 1. The van der Waals surface area contributed by atoms with E-state index in [2.05, 4.69) is 25.2 Å². The number of aliphatic carboxylic acids is 1. The van der Waals surface area contributed by atoms with Crippen LogP contribution in [0.1, 0.15) is 35.8 Å². The van der Waals surface area contributed by atoms with Gasteiger partial charge in [-0.2, -0.15) is 11.8 Å². The molecule has 1 fully saturated rings. The zero-order chi connectivity index (χ0) is 28.5. The minimum atomic E-state index is -1.03. The smallest absolute Gasteiger partial charge is 0.412 e. The van der Waals surface area contributed by atoms with Gasteiger partial charge >= 0.3 is 12.1 Å². The quantitative estimate of drug-likeness (QED) is 0.493. The lowest BCUT2D eigenvalue weighted by Gasteiger charge is -2.33. The van der Waals surface area contributed by atoms with Gasteiger partial charge in [0, 0.05) is 51.7 Å². The number of piperazine rings is 1. The number of nitrogens with one attached hydrogen (secondary N) is 1. The van der Waals surface area contributed by atoms with Crippen molar-refractivity contribution in [2.24, 2.45) is 0 Å². The van der Waals surface area contributed by atoms with E-state index < -0.39 is 30.2 Å². The molecule has 39 heavy (non-hydrogen) atoms. The molecule has 2 aliphatic heterocycles. The number of rotatable bonds is 7. The van der Waals surface area contributed by atoms with Crippen molar-refractivity contribution < 1.29 is 29.0 Å². The van der Waals surface area contributed by atoms with Gasteiger partial charge in [0.05, 0.1) is 5.02 Å². The maximum atomic E-state index is 12.8. The van der Waals surface area contributed by atoms with E-state index in [1.54, 1.807) is 28.8 Å². The minimum absolute atomic E-state index is 0.144. The molecular formula is C24H30ClN7O6S. The fourth-order valence-electron chi connectivity index (χ4n) is 3.78. The van der Waals surface area contributed by atoms with Gasteiger partial charge in [0.15, 0.2) is 5.69 Å². The molecular weight excluding hydrogens is 550 g/mol. The second-order valence-corrected chi connectivity index (χ2v) is 10.1. The standard InChI is InChI=1S/C17H17ClN6O3.C7H13NO3S/c1-22-6-8-23(9-7-22)17(26)27-16-14-13(19-4-5-20-14)15(25)24(16)12-3-2-11(18)10-21-12;1-5(9)8-6(7(10)11)3-4-12-2/h2-5,10,16H,6-9H2,1H3;6H,3-4H2,1-2H3,(H,8,9)(H,10,11)/t16-;6-/m11/s1. The third-order valence-electron chi connectivity index (χ3n) is 5.84. The van der Waals surface area contributed by atoms with E-state index in [1.807, 2.05) is 13.3 Å². The highest BCUT2D eigenvalue weighted by molar-refractivity contribution is 7.98. The maximum absolute atomic E-state index is 12.8. The first-order chi connectivity index (χ1) is 18.6. The number of carbonyl (C=O) groups excluding carboxylic acids is 3. The normalized spacial score (nSPS) is 17.5. The fraction of sp³-hybridized carbons (Fsp3) is 0.458. The van der Waals surface area contributed by atoms with E-state index >= 15 is 0 Å². The summed E-state index contributed by atoms with van der Waals surface area (Å²) in [5, 5.41) is 11.4. The largest absolute Gasteiger partial charge is 0.480 e. The van der Waals surface area contributed by atoms with Crippen molar-refractivity contribution in [1.29, 1.82) is 0 Å². The van der Waals surface area contributed by atoms with Gasteiger partial charge in [-0.05, 0) is 37.6 Å². The molecule has 2 N–H and O–H groups in total. The Morgan fingerprint density at radius 3 is 2.46 bits per heavy atom. The summed E-state index contributed by atoms with van der Waals surface area (Å²) in [5.74, 6) is -0.663. The number of hydrogen-bond donors (Lipinski definition) is 2. The molecule has 0 unspecified atom stereocenters. The molecule has 0 bridgehead atoms. The first-order valence-corrected chi connectivity index (χ1v) is 13.8. The molecule has 210 valence electrons. The Morgan fingerprint density at radius 2 is 1.87 bits per heavy atom. The molecule has 2 aromatic rings. The van der Waals surface area contributed by atoms with Crippen LogP contribution in [0.15, 0.2) is 30.7 Å². The van der Waals surface area contributed by atoms with Crippen molar-refractivity contribution in [2.75, 3.05) is 50.1 Å². The Bertz CT molecular complexity index is 1180. The number of fused-ring (bicyclic) bond motifs is 1. The summed E-state index contributed by atoms with van der Waals surface area (Å²) >= 11 is 7.45.